The van der Waals surface area contributed by atoms with Crippen LogP contribution in [0.2, 0.25) is 0 Å². The van der Waals surface area contributed by atoms with Crippen molar-refractivity contribution in [2.24, 2.45) is 23.2 Å². The highest BCUT2D eigenvalue weighted by molar-refractivity contribution is 5.91. The predicted octanol–water partition coefficient (Wildman–Crippen LogP) is 1.01. The fourth-order valence-corrected chi connectivity index (χ4v) is 3.97. The van der Waals surface area contributed by atoms with Crippen LogP contribution in [-0.2, 0) is 19.1 Å². The van der Waals surface area contributed by atoms with Gasteiger partial charge in [0.1, 0.15) is 6.10 Å². The second-order valence-corrected chi connectivity index (χ2v) is 6.27. The number of ether oxygens (including phenoxy) is 2. The maximum Gasteiger partial charge on any atom is 0.334 e. The van der Waals surface area contributed by atoms with Crippen LogP contribution in [0.4, 0.5) is 0 Å². The number of carbonyl (C=O) groups excluding carboxylic acids is 2. The first-order valence-electron chi connectivity index (χ1n) is 6.63. The van der Waals surface area contributed by atoms with Crippen LogP contribution >= 0.6 is 0 Å². The Bertz CT molecular complexity index is 470. The molecule has 2 aliphatic heterocycles. The molecule has 0 aromatic heterocycles. The van der Waals surface area contributed by atoms with Gasteiger partial charge < -0.3 is 14.6 Å². The maximum absolute atomic E-state index is 11.9. The summed E-state index contributed by atoms with van der Waals surface area (Å²) < 4.78 is 10.3. The first kappa shape index (κ1) is 12.7. The van der Waals surface area contributed by atoms with Gasteiger partial charge in [-0.2, -0.15) is 0 Å². The lowest BCUT2D eigenvalue weighted by molar-refractivity contribution is -0.162. The van der Waals surface area contributed by atoms with Gasteiger partial charge in [0.05, 0.1) is 5.92 Å². The van der Waals surface area contributed by atoms with Crippen LogP contribution in [0, 0.1) is 23.2 Å². The fraction of sp³-hybridized carbons (Fsp3) is 0.714. The minimum atomic E-state index is -1.12. The van der Waals surface area contributed by atoms with Crippen molar-refractivity contribution >= 4 is 11.9 Å². The molecule has 19 heavy (non-hydrogen) atoms. The fourth-order valence-electron chi connectivity index (χ4n) is 3.97. The molecule has 0 bridgehead atoms. The van der Waals surface area contributed by atoms with Gasteiger partial charge in [0.25, 0.3) is 0 Å². The van der Waals surface area contributed by atoms with Gasteiger partial charge >= 0.3 is 11.9 Å². The van der Waals surface area contributed by atoms with E-state index in [0.29, 0.717) is 18.4 Å². The van der Waals surface area contributed by atoms with Crippen molar-refractivity contribution in [3.63, 3.8) is 0 Å². The Hall–Kier alpha value is -1.36. The molecule has 2 saturated heterocycles. The molecule has 0 amide bonds. The lowest BCUT2D eigenvalue weighted by atomic mass is 9.69. The number of aliphatic hydroxyl groups excluding tert-OH is 1. The largest absolute Gasteiger partial charge is 0.458 e. The van der Waals surface area contributed by atoms with E-state index in [0.717, 1.165) is 0 Å². The number of rotatable bonds is 0. The Morgan fingerprint density at radius 1 is 1.37 bits per heavy atom. The molecule has 1 N–H and O–H groups in total. The van der Waals surface area contributed by atoms with Crippen molar-refractivity contribution in [1.29, 1.82) is 0 Å². The summed E-state index contributed by atoms with van der Waals surface area (Å²) in [6.45, 7) is 7.59. The lowest BCUT2D eigenvalue weighted by Crippen LogP contribution is -2.37. The van der Waals surface area contributed by atoms with Crippen molar-refractivity contribution in [2.75, 3.05) is 0 Å². The summed E-state index contributed by atoms with van der Waals surface area (Å²) >= 11 is 0. The minimum Gasteiger partial charge on any atom is -0.458 e. The third-order valence-corrected chi connectivity index (χ3v) is 5.01. The van der Waals surface area contributed by atoms with Gasteiger partial charge in [-0.3, -0.25) is 4.79 Å². The molecule has 3 rings (SSSR count). The Balaban J connectivity index is 2.01. The highest BCUT2D eigenvalue weighted by Crippen LogP contribution is 2.54. The van der Waals surface area contributed by atoms with E-state index in [1.165, 1.54) is 0 Å². The van der Waals surface area contributed by atoms with Crippen LogP contribution < -0.4 is 0 Å². The number of hydrogen-bond donors (Lipinski definition) is 1. The predicted molar refractivity (Wildman–Crippen MR) is 64.6 cm³/mol. The molecular weight excluding hydrogens is 248 g/mol. The number of hydrogen-bond acceptors (Lipinski definition) is 5. The van der Waals surface area contributed by atoms with E-state index in [4.69, 9.17) is 9.47 Å². The molecule has 0 spiro atoms. The van der Waals surface area contributed by atoms with Crippen molar-refractivity contribution < 1.29 is 24.2 Å². The van der Waals surface area contributed by atoms with Crippen molar-refractivity contribution in [1.82, 2.24) is 0 Å². The van der Waals surface area contributed by atoms with Gasteiger partial charge in [-0.1, -0.05) is 20.4 Å². The molecule has 0 aromatic carbocycles. The Kier molecular flexibility index (Phi) is 2.55. The molecule has 6 atom stereocenters. The van der Waals surface area contributed by atoms with Gasteiger partial charge in [0.15, 0.2) is 0 Å². The summed E-state index contributed by atoms with van der Waals surface area (Å²) in [5, 5.41) is 10.1. The molecule has 0 aromatic rings. The summed E-state index contributed by atoms with van der Waals surface area (Å²) in [7, 11) is 0. The van der Waals surface area contributed by atoms with Crippen LogP contribution in [0.3, 0.4) is 0 Å². The first-order chi connectivity index (χ1) is 8.84. The van der Waals surface area contributed by atoms with Crippen molar-refractivity contribution in [2.45, 2.75) is 39.1 Å². The quantitative estimate of drug-likeness (QED) is 0.523. The second kappa shape index (κ2) is 3.82. The average Bonchev–Trinajstić information content (AvgIpc) is 2.63. The highest BCUT2D eigenvalue weighted by atomic mass is 16.6. The second-order valence-electron chi connectivity index (χ2n) is 6.27. The molecule has 104 valence electrons. The van der Waals surface area contributed by atoms with Crippen LogP contribution in [0.5, 0.6) is 0 Å². The van der Waals surface area contributed by atoms with E-state index < -0.39 is 11.7 Å². The van der Waals surface area contributed by atoms with E-state index in [2.05, 4.69) is 6.58 Å². The Morgan fingerprint density at radius 2 is 2.05 bits per heavy atom. The summed E-state index contributed by atoms with van der Waals surface area (Å²) in [5.41, 5.74) is -0.224. The zero-order chi connectivity index (χ0) is 13.9. The monoisotopic (exact) mass is 266 g/mol. The van der Waals surface area contributed by atoms with Gasteiger partial charge in [-0.05, 0) is 18.8 Å². The average molecular weight is 266 g/mol. The lowest BCUT2D eigenvalue weighted by Gasteiger charge is -2.31. The first-order valence-corrected chi connectivity index (χ1v) is 6.63. The number of aliphatic hydroxyl groups is 1. The molecule has 1 saturated carbocycles. The van der Waals surface area contributed by atoms with Gasteiger partial charge in [0.2, 0.25) is 6.29 Å². The van der Waals surface area contributed by atoms with Gasteiger partial charge in [0, 0.05) is 16.9 Å². The van der Waals surface area contributed by atoms with E-state index in [-0.39, 0.29) is 35.8 Å². The molecule has 5 heteroatoms. The molecule has 3 aliphatic rings. The van der Waals surface area contributed by atoms with Crippen LogP contribution in [0.15, 0.2) is 12.2 Å². The molecule has 3 fully saturated rings. The topological polar surface area (TPSA) is 72.8 Å². The van der Waals surface area contributed by atoms with Gasteiger partial charge in [-0.15, -0.1) is 0 Å². The normalized spacial score (nSPS) is 49.2. The summed E-state index contributed by atoms with van der Waals surface area (Å²) in [4.78, 5) is 23.6. The zero-order valence-corrected chi connectivity index (χ0v) is 11.1. The number of carbonyl (C=O) groups is 2. The smallest absolute Gasteiger partial charge is 0.334 e. The van der Waals surface area contributed by atoms with Crippen LogP contribution in [-0.4, -0.2) is 29.4 Å². The van der Waals surface area contributed by atoms with Gasteiger partial charge in [-0.25, -0.2) is 4.79 Å². The van der Waals surface area contributed by atoms with E-state index >= 15 is 0 Å². The van der Waals surface area contributed by atoms with E-state index in [9.17, 15) is 14.7 Å². The molecule has 2 heterocycles. The molecular formula is C14H18O5. The highest BCUT2D eigenvalue weighted by Gasteiger charge is 2.60. The molecule has 6 unspecified atom stereocenters. The third-order valence-electron chi connectivity index (χ3n) is 5.01. The summed E-state index contributed by atoms with van der Waals surface area (Å²) in [5.74, 6) is -1.18. The SMILES string of the molecule is C=C1C(=O)OC2CC(C)C3C(=O)OC(O)C3(C)CC12. The standard InChI is InChI=1S/C14H18O5/c1-6-4-9-8(7(2)11(15)18-9)5-14(3)10(6)12(16)19-13(14)17/h6,8-10,13,17H,2,4-5H2,1,3H3. The minimum absolute atomic E-state index is 0.00310. The van der Waals surface area contributed by atoms with Crippen molar-refractivity contribution in [3.8, 4) is 0 Å². The summed E-state index contributed by atoms with van der Waals surface area (Å²) in [6.07, 6.45) is -0.242. The molecule has 0 radical (unpaired) electrons. The van der Waals surface area contributed by atoms with E-state index in [1.54, 1.807) is 0 Å². The zero-order valence-electron chi connectivity index (χ0n) is 11.1. The number of fused-ring (bicyclic) bond motifs is 2. The van der Waals surface area contributed by atoms with E-state index in [1.807, 2.05) is 13.8 Å². The Morgan fingerprint density at radius 3 is 2.74 bits per heavy atom. The molecule has 1 aliphatic carbocycles. The third kappa shape index (κ3) is 1.57. The molecule has 5 nitrogen and oxygen atoms in total. The Labute approximate surface area is 111 Å². The van der Waals surface area contributed by atoms with Crippen LogP contribution in [0.25, 0.3) is 0 Å². The maximum atomic E-state index is 11.9. The number of esters is 2. The summed E-state index contributed by atoms with van der Waals surface area (Å²) in [6, 6.07) is 0. The number of cyclic esters (lactones) is 1. The van der Waals surface area contributed by atoms with Crippen molar-refractivity contribution in [3.05, 3.63) is 12.2 Å². The van der Waals surface area contributed by atoms with Crippen LogP contribution in [0.1, 0.15) is 26.7 Å².